The fourth-order valence-electron chi connectivity index (χ4n) is 1.60. The molecule has 1 aromatic carbocycles. The minimum Gasteiger partial charge on any atom is -0.352 e. The van der Waals surface area contributed by atoms with Gasteiger partial charge < -0.3 is 15.3 Å². The Labute approximate surface area is 102 Å². The highest BCUT2D eigenvalue weighted by molar-refractivity contribution is 5.97. The van der Waals surface area contributed by atoms with Gasteiger partial charge in [-0.3, -0.25) is 14.4 Å². The molecule has 1 aromatic heterocycles. The Kier molecular flexibility index (Phi) is 3.27. The Bertz CT molecular complexity index is 700. The van der Waals surface area contributed by atoms with Crippen LogP contribution in [0.5, 0.6) is 0 Å². The molecule has 0 atom stereocenters. The first-order valence-corrected chi connectivity index (χ1v) is 5.66. The van der Waals surface area contributed by atoms with E-state index in [4.69, 9.17) is 0 Å². The third-order valence-electron chi connectivity index (χ3n) is 2.52. The zero-order chi connectivity index (χ0) is 13.1. The number of fused-ring (bicyclic) bond motifs is 1. The van der Waals surface area contributed by atoms with Gasteiger partial charge in [0.1, 0.15) is 0 Å². The van der Waals surface area contributed by atoms with Gasteiger partial charge in [0.05, 0.1) is 11.0 Å². The molecule has 0 bridgehead atoms. The van der Waals surface area contributed by atoms with E-state index < -0.39 is 11.1 Å². The van der Waals surface area contributed by atoms with Gasteiger partial charge in [0.2, 0.25) is 0 Å². The maximum absolute atomic E-state index is 11.7. The Balaban J connectivity index is 2.44. The zero-order valence-electron chi connectivity index (χ0n) is 9.87. The predicted molar refractivity (Wildman–Crippen MR) is 67.8 cm³/mol. The lowest BCUT2D eigenvalue weighted by atomic mass is 10.2. The van der Waals surface area contributed by atoms with Crippen LogP contribution in [0.15, 0.2) is 27.8 Å². The van der Waals surface area contributed by atoms with Crippen LogP contribution in [0.2, 0.25) is 0 Å². The van der Waals surface area contributed by atoms with E-state index >= 15 is 0 Å². The first kappa shape index (κ1) is 12.1. The number of nitrogens with one attached hydrogen (secondary N) is 3. The van der Waals surface area contributed by atoms with Gasteiger partial charge in [-0.1, -0.05) is 6.92 Å². The Morgan fingerprint density at radius 1 is 1.17 bits per heavy atom. The Morgan fingerprint density at radius 3 is 2.50 bits per heavy atom. The first-order valence-electron chi connectivity index (χ1n) is 5.66. The average Bonchev–Trinajstić information content (AvgIpc) is 2.36. The lowest BCUT2D eigenvalue weighted by Gasteiger charge is -2.04. The van der Waals surface area contributed by atoms with Gasteiger partial charge >= 0.3 is 11.1 Å². The summed E-state index contributed by atoms with van der Waals surface area (Å²) in [5, 5.41) is 2.74. The van der Waals surface area contributed by atoms with Crippen molar-refractivity contribution in [2.45, 2.75) is 13.3 Å². The van der Waals surface area contributed by atoms with E-state index in [0.717, 1.165) is 6.42 Å². The molecule has 0 saturated carbocycles. The number of hydrogen-bond donors (Lipinski definition) is 3. The fraction of sp³-hybridized carbons (Fsp3) is 0.250. The number of H-pyrrole nitrogens is 2. The van der Waals surface area contributed by atoms with E-state index in [2.05, 4.69) is 15.3 Å². The maximum Gasteiger partial charge on any atom is 0.314 e. The minimum atomic E-state index is -0.728. The second-order valence-corrected chi connectivity index (χ2v) is 3.92. The molecular weight excluding hydrogens is 234 g/mol. The second-order valence-electron chi connectivity index (χ2n) is 3.92. The van der Waals surface area contributed by atoms with Crippen molar-refractivity contribution in [3.63, 3.8) is 0 Å². The van der Waals surface area contributed by atoms with Crippen molar-refractivity contribution < 1.29 is 4.79 Å². The SMILES string of the molecule is CCCNC(=O)c1ccc2[nH]c(=O)c(=O)[nH]c2c1. The van der Waals surface area contributed by atoms with E-state index in [1.165, 1.54) is 6.07 Å². The van der Waals surface area contributed by atoms with E-state index in [0.29, 0.717) is 23.1 Å². The average molecular weight is 247 g/mol. The number of aromatic amines is 2. The fourth-order valence-corrected chi connectivity index (χ4v) is 1.60. The second kappa shape index (κ2) is 4.87. The van der Waals surface area contributed by atoms with Crippen molar-refractivity contribution in [1.29, 1.82) is 0 Å². The molecule has 1 amide bonds. The van der Waals surface area contributed by atoms with Crippen LogP contribution < -0.4 is 16.4 Å². The first-order chi connectivity index (χ1) is 8.61. The van der Waals surface area contributed by atoms with Crippen LogP contribution in [0, 0.1) is 0 Å². The van der Waals surface area contributed by atoms with Crippen molar-refractivity contribution in [3.8, 4) is 0 Å². The van der Waals surface area contributed by atoms with E-state index in [9.17, 15) is 14.4 Å². The molecule has 2 rings (SSSR count). The predicted octanol–water partition coefficient (Wildman–Crippen LogP) is 0.356. The molecule has 6 nitrogen and oxygen atoms in total. The van der Waals surface area contributed by atoms with Gasteiger partial charge in [-0.2, -0.15) is 0 Å². The molecule has 1 heterocycles. The Morgan fingerprint density at radius 2 is 1.83 bits per heavy atom. The number of benzene rings is 1. The van der Waals surface area contributed by atoms with Gasteiger partial charge in [-0.15, -0.1) is 0 Å². The molecule has 6 heteroatoms. The largest absolute Gasteiger partial charge is 0.352 e. The number of hydrogen-bond acceptors (Lipinski definition) is 3. The third-order valence-corrected chi connectivity index (χ3v) is 2.52. The Hall–Kier alpha value is -2.37. The van der Waals surface area contributed by atoms with Gasteiger partial charge in [0, 0.05) is 12.1 Å². The van der Waals surface area contributed by atoms with Crippen LogP contribution in [-0.2, 0) is 0 Å². The molecule has 0 fully saturated rings. The number of amides is 1. The lowest BCUT2D eigenvalue weighted by Crippen LogP contribution is -2.29. The van der Waals surface area contributed by atoms with Gasteiger partial charge in [-0.05, 0) is 24.6 Å². The van der Waals surface area contributed by atoms with Crippen LogP contribution in [0.25, 0.3) is 11.0 Å². The van der Waals surface area contributed by atoms with Crippen molar-refractivity contribution in [1.82, 2.24) is 15.3 Å². The van der Waals surface area contributed by atoms with Crippen LogP contribution in [0.3, 0.4) is 0 Å². The van der Waals surface area contributed by atoms with Gasteiger partial charge in [0.25, 0.3) is 5.91 Å². The van der Waals surface area contributed by atoms with Crippen molar-refractivity contribution in [3.05, 3.63) is 44.5 Å². The van der Waals surface area contributed by atoms with Crippen LogP contribution >= 0.6 is 0 Å². The quantitative estimate of drug-likeness (QED) is 0.683. The standard InChI is InChI=1S/C12H13N3O3/c1-2-5-13-10(16)7-3-4-8-9(6-7)15-12(18)11(17)14-8/h3-4,6H,2,5H2,1H3,(H,13,16)(H,14,17)(H,15,18). The molecule has 2 aromatic rings. The van der Waals surface area contributed by atoms with Crippen LogP contribution in [0.1, 0.15) is 23.7 Å². The zero-order valence-corrected chi connectivity index (χ0v) is 9.87. The summed E-state index contributed by atoms with van der Waals surface area (Å²) in [7, 11) is 0. The topological polar surface area (TPSA) is 94.8 Å². The molecule has 94 valence electrons. The number of aromatic nitrogens is 2. The summed E-state index contributed by atoms with van der Waals surface area (Å²) < 4.78 is 0. The monoisotopic (exact) mass is 247 g/mol. The summed E-state index contributed by atoms with van der Waals surface area (Å²) in [5.74, 6) is -0.203. The molecule has 3 N–H and O–H groups in total. The van der Waals surface area contributed by atoms with Gasteiger partial charge in [-0.25, -0.2) is 0 Å². The highest BCUT2D eigenvalue weighted by Crippen LogP contribution is 2.08. The summed E-state index contributed by atoms with van der Waals surface area (Å²) in [5.41, 5.74) is -0.0617. The van der Waals surface area contributed by atoms with E-state index in [-0.39, 0.29) is 5.91 Å². The smallest absolute Gasteiger partial charge is 0.314 e. The summed E-state index contributed by atoms with van der Waals surface area (Å²) in [6, 6.07) is 4.73. The molecule has 0 radical (unpaired) electrons. The molecule has 0 aliphatic heterocycles. The highest BCUT2D eigenvalue weighted by atomic mass is 16.2. The summed E-state index contributed by atoms with van der Waals surface area (Å²) in [4.78, 5) is 38.9. The lowest BCUT2D eigenvalue weighted by molar-refractivity contribution is 0.0954. The number of carbonyl (C=O) groups excluding carboxylic acids is 1. The van der Waals surface area contributed by atoms with Crippen molar-refractivity contribution >= 4 is 16.9 Å². The molecule has 0 aliphatic carbocycles. The van der Waals surface area contributed by atoms with Gasteiger partial charge in [0.15, 0.2) is 0 Å². The summed E-state index contributed by atoms with van der Waals surface area (Å²) in [6.45, 7) is 2.56. The van der Waals surface area contributed by atoms with Crippen LogP contribution in [0.4, 0.5) is 0 Å². The summed E-state index contributed by atoms with van der Waals surface area (Å²) >= 11 is 0. The molecule has 0 spiro atoms. The molecular formula is C12H13N3O3. The third kappa shape index (κ3) is 2.32. The van der Waals surface area contributed by atoms with Crippen LogP contribution in [-0.4, -0.2) is 22.4 Å². The summed E-state index contributed by atoms with van der Waals surface area (Å²) in [6.07, 6.45) is 0.851. The molecule has 18 heavy (non-hydrogen) atoms. The van der Waals surface area contributed by atoms with E-state index in [1.807, 2.05) is 6.92 Å². The maximum atomic E-state index is 11.7. The minimum absolute atomic E-state index is 0.203. The molecule has 0 saturated heterocycles. The number of carbonyl (C=O) groups is 1. The number of rotatable bonds is 3. The normalized spacial score (nSPS) is 10.5. The van der Waals surface area contributed by atoms with Crippen molar-refractivity contribution in [2.75, 3.05) is 6.54 Å². The van der Waals surface area contributed by atoms with E-state index in [1.54, 1.807) is 12.1 Å². The molecule has 0 unspecified atom stereocenters. The van der Waals surface area contributed by atoms with Crippen molar-refractivity contribution in [2.24, 2.45) is 0 Å². The molecule has 0 aliphatic rings. The highest BCUT2D eigenvalue weighted by Gasteiger charge is 2.06.